The van der Waals surface area contributed by atoms with Gasteiger partial charge in [-0.15, -0.1) is 0 Å². The average molecular weight is 269 g/mol. The number of rotatable bonds is 2. The van der Waals surface area contributed by atoms with E-state index in [-0.39, 0.29) is 5.69 Å². The number of nitro groups is 1. The van der Waals surface area contributed by atoms with E-state index in [1.807, 2.05) is 35.9 Å². The molecule has 1 heterocycles. The zero-order chi connectivity index (χ0) is 14.1. The minimum absolute atomic E-state index is 0.0860. The second-order valence-corrected chi connectivity index (χ2v) is 4.64. The van der Waals surface area contributed by atoms with Crippen molar-refractivity contribution in [3.8, 4) is 5.75 Å². The Bertz CT molecular complexity index is 706. The number of non-ortho nitro benzene ring substituents is 1. The first kappa shape index (κ1) is 12.3. The first-order chi connectivity index (χ1) is 9.65. The Kier molecular flexibility index (Phi) is 2.95. The van der Waals surface area contributed by atoms with Gasteiger partial charge in [0, 0.05) is 24.3 Å². The van der Waals surface area contributed by atoms with Gasteiger partial charge in [0.2, 0.25) is 5.69 Å². The predicted molar refractivity (Wildman–Crippen MR) is 74.9 cm³/mol. The number of fused-ring (bicyclic) bond motifs is 1. The van der Waals surface area contributed by atoms with Crippen molar-refractivity contribution in [2.75, 3.05) is 6.73 Å². The van der Waals surface area contributed by atoms with Crippen molar-refractivity contribution in [2.24, 2.45) is 0 Å². The molecule has 0 aliphatic carbocycles. The van der Waals surface area contributed by atoms with Gasteiger partial charge in [-0.25, -0.2) is 0 Å². The fourth-order valence-electron chi connectivity index (χ4n) is 2.23. The minimum atomic E-state index is -0.404. The van der Waals surface area contributed by atoms with E-state index in [2.05, 4.69) is 0 Å². The fourth-order valence-corrected chi connectivity index (χ4v) is 2.23. The van der Waals surface area contributed by atoms with Crippen LogP contribution in [0.3, 0.4) is 0 Å². The van der Waals surface area contributed by atoms with Crippen molar-refractivity contribution in [3.05, 3.63) is 63.7 Å². The number of nitro benzene ring substituents is 1. The lowest BCUT2D eigenvalue weighted by atomic mass is 10.1. The van der Waals surface area contributed by atoms with Crippen LogP contribution in [-0.4, -0.2) is 22.4 Å². The molecule has 1 aliphatic heterocycles. The van der Waals surface area contributed by atoms with E-state index in [1.165, 1.54) is 12.1 Å². The predicted octanol–water partition coefficient (Wildman–Crippen LogP) is 3.02. The average Bonchev–Trinajstić information content (AvgIpc) is 2.47. The Balaban J connectivity index is 1.97. The number of ether oxygens (including phenoxy) is 1. The second-order valence-electron chi connectivity index (χ2n) is 4.64. The number of para-hydroxylation sites is 1. The molecule has 20 heavy (non-hydrogen) atoms. The molecule has 0 radical (unpaired) electrons. The van der Waals surface area contributed by atoms with Gasteiger partial charge < -0.3 is 4.74 Å². The first-order valence-electron chi connectivity index (χ1n) is 6.23. The summed E-state index contributed by atoms with van der Waals surface area (Å²) in [6.07, 6.45) is 1.99. The maximum Gasteiger partial charge on any atom is 0.292 e. The standard InChI is InChI=1S/C15H13N2O3/c1-11-3-2-4-12-9-16(10-20-15(11)12)13-5-7-14(8-6-13)17(18)19/h2-9H,10H2,1H3/q+1. The monoisotopic (exact) mass is 269 g/mol. The van der Waals surface area contributed by atoms with Gasteiger partial charge in [-0.1, -0.05) is 12.1 Å². The molecule has 1 aliphatic rings. The Labute approximate surface area is 115 Å². The molecular formula is C15H13N2O3+. The van der Waals surface area contributed by atoms with Gasteiger partial charge in [-0.3, -0.25) is 10.1 Å². The van der Waals surface area contributed by atoms with Gasteiger partial charge in [0.15, 0.2) is 6.21 Å². The normalized spacial score (nSPS) is 13.2. The molecule has 0 spiro atoms. The van der Waals surface area contributed by atoms with Crippen LogP contribution in [0.4, 0.5) is 11.4 Å². The third kappa shape index (κ3) is 2.14. The Hall–Kier alpha value is -2.69. The topological polar surface area (TPSA) is 55.4 Å². The lowest BCUT2D eigenvalue weighted by Crippen LogP contribution is -2.21. The van der Waals surface area contributed by atoms with E-state index in [0.717, 1.165) is 22.6 Å². The first-order valence-corrected chi connectivity index (χ1v) is 6.23. The van der Waals surface area contributed by atoms with Crippen molar-refractivity contribution < 1.29 is 14.2 Å². The SMILES string of the molecule is Cc1cccc2c1OC[N+](c1ccc([N+](=O)[O-])cc1)=C2. The Morgan fingerprint density at radius 2 is 1.95 bits per heavy atom. The van der Waals surface area contributed by atoms with Crippen LogP contribution >= 0.6 is 0 Å². The number of benzene rings is 2. The summed E-state index contributed by atoms with van der Waals surface area (Å²) in [6.45, 7) is 2.41. The largest absolute Gasteiger partial charge is 0.435 e. The van der Waals surface area contributed by atoms with Crippen LogP contribution in [0.15, 0.2) is 42.5 Å². The van der Waals surface area contributed by atoms with E-state index in [9.17, 15) is 10.1 Å². The van der Waals surface area contributed by atoms with Gasteiger partial charge in [0.1, 0.15) is 5.75 Å². The second kappa shape index (κ2) is 4.77. The lowest BCUT2D eigenvalue weighted by molar-refractivity contribution is -0.476. The maximum atomic E-state index is 10.6. The Morgan fingerprint density at radius 1 is 1.20 bits per heavy atom. The van der Waals surface area contributed by atoms with Crippen molar-refractivity contribution in [2.45, 2.75) is 6.92 Å². The zero-order valence-electron chi connectivity index (χ0n) is 10.9. The van der Waals surface area contributed by atoms with Crippen LogP contribution in [0, 0.1) is 17.0 Å². The van der Waals surface area contributed by atoms with Crippen LogP contribution in [-0.2, 0) is 0 Å². The van der Waals surface area contributed by atoms with Crippen LogP contribution in [0.2, 0.25) is 0 Å². The van der Waals surface area contributed by atoms with Crippen LogP contribution in [0.1, 0.15) is 11.1 Å². The molecular weight excluding hydrogens is 256 g/mol. The number of hydrogen-bond acceptors (Lipinski definition) is 3. The summed E-state index contributed by atoms with van der Waals surface area (Å²) in [7, 11) is 0. The third-order valence-electron chi connectivity index (χ3n) is 3.28. The summed E-state index contributed by atoms with van der Waals surface area (Å²) < 4.78 is 7.68. The molecule has 5 nitrogen and oxygen atoms in total. The highest BCUT2D eigenvalue weighted by molar-refractivity contribution is 5.82. The van der Waals surface area contributed by atoms with Crippen LogP contribution in [0.25, 0.3) is 0 Å². The maximum absolute atomic E-state index is 10.6. The third-order valence-corrected chi connectivity index (χ3v) is 3.28. The van der Waals surface area contributed by atoms with Crippen molar-refractivity contribution in [1.82, 2.24) is 0 Å². The van der Waals surface area contributed by atoms with E-state index < -0.39 is 4.92 Å². The summed E-state index contributed by atoms with van der Waals surface area (Å²) in [6, 6.07) is 12.4. The van der Waals surface area contributed by atoms with Crippen LogP contribution in [0.5, 0.6) is 5.75 Å². The number of aryl methyl sites for hydroxylation is 1. The summed E-state index contributed by atoms with van der Waals surface area (Å²) in [5.74, 6) is 0.894. The highest BCUT2D eigenvalue weighted by Gasteiger charge is 2.20. The molecule has 0 fully saturated rings. The molecule has 2 aromatic carbocycles. The molecule has 0 unspecified atom stereocenters. The minimum Gasteiger partial charge on any atom is -0.435 e. The van der Waals surface area contributed by atoms with Crippen LogP contribution < -0.4 is 4.74 Å². The van der Waals surface area contributed by atoms with E-state index in [1.54, 1.807) is 12.1 Å². The van der Waals surface area contributed by atoms with Gasteiger partial charge >= 0.3 is 0 Å². The zero-order valence-corrected chi connectivity index (χ0v) is 10.9. The molecule has 0 amide bonds. The molecule has 0 saturated carbocycles. The molecule has 0 N–H and O–H groups in total. The summed E-state index contributed by atoms with van der Waals surface area (Å²) >= 11 is 0. The molecule has 0 atom stereocenters. The fraction of sp³-hybridized carbons (Fsp3) is 0.133. The molecule has 0 aromatic heterocycles. The number of nitrogens with zero attached hydrogens (tertiary/aromatic N) is 2. The quantitative estimate of drug-likeness (QED) is 0.478. The smallest absolute Gasteiger partial charge is 0.292 e. The molecule has 0 saturated heterocycles. The lowest BCUT2D eigenvalue weighted by Gasteiger charge is -2.15. The summed E-state index contributed by atoms with van der Waals surface area (Å²) in [4.78, 5) is 10.2. The highest BCUT2D eigenvalue weighted by atomic mass is 16.6. The molecule has 100 valence electrons. The molecule has 0 bridgehead atoms. The highest BCUT2D eigenvalue weighted by Crippen LogP contribution is 2.26. The number of hydrogen-bond donors (Lipinski definition) is 0. The molecule has 5 heteroatoms. The van der Waals surface area contributed by atoms with Crippen molar-refractivity contribution in [1.29, 1.82) is 0 Å². The summed E-state index contributed by atoms with van der Waals surface area (Å²) in [5, 5.41) is 10.6. The van der Waals surface area contributed by atoms with E-state index >= 15 is 0 Å². The summed E-state index contributed by atoms with van der Waals surface area (Å²) in [5.41, 5.74) is 3.06. The van der Waals surface area contributed by atoms with Crippen molar-refractivity contribution in [3.63, 3.8) is 0 Å². The van der Waals surface area contributed by atoms with Crippen molar-refractivity contribution >= 4 is 17.6 Å². The van der Waals surface area contributed by atoms with E-state index in [4.69, 9.17) is 4.74 Å². The molecule has 2 aromatic rings. The van der Waals surface area contributed by atoms with E-state index in [0.29, 0.717) is 6.73 Å². The van der Waals surface area contributed by atoms with Gasteiger partial charge in [0.25, 0.3) is 12.4 Å². The van der Waals surface area contributed by atoms with Gasteiger partial charge in [0.05, 0.1) is 10.5 Å². The molecule has 3 rings (SSSR count). The van der Waals surface area contributed by atoms with Gasteiger partial charge in [-0.2, -0.15) is 4.58 Å². The van der Waals surface area contributed by atoms with Gasteiger partial charge in [-0.05, 0) is 18.6 Å². The Morgan fingerprint density at radius 3 is 2.65 bits per heavy atom.